The zero-order valence-electron chi connectivity index (χ0n) is 6.90. The molecule has 2 rings (SSSR count). The molecule has 0 aromatic carbocycles. The molecule has 0 aromatic rings. The molecule has 0 spiro atoms. The van der Waals surface area contributed by atoms with Gasteiger partial charge in [-0.25, -0.2) is 5.43 Å². The number of nitrogens with zero attached hydrogens (tertiary/aromatic N) is 3. The van der Waals surface area contributed by atoms with Crippen molar-refractivity contribution in [1.29, 1.82) is 0 Å². The maximum atomic E-state index is 5.63. The van der Waals surface area contributed by atoms with Gasteiger partial charge in [-0.1, -0.05) is 10.2 Å². The SMILES string of the molecule is CC1=CC2=NN=C(N)[N+]2(C)N1.Cl. The summed E-state index contributed by atoms with van der Waals surface area (Å²) >= 11 is 0. The lowest BCUT2D eigenvalue weighted by Crippen LogP contribution is -2.59. The number of halogens is 1. The molecule has 5 nitrogen and oxygen atoms in total. The third-order valence-electron chi connectivity index (χ3n) is 1.92. The minimum Gasteiger partial charge on any atom is -0.334 e. The third kappa shape index (κ3) is 0.904. The topological polar surface area (TPSA) is 62.8 Å². The summed E-state index contributed by atoms with van der Waals surface area (Å²) in [6.07, 6.45) is 1.93. The molecule has 0 aromatic heterocycles. The average molecular weight is 189 g/mol. The lowest BCUT2D eigenvalue weighted by Gasteiger charge is -2.21. The fraction of sp³-hybridized carbons (Fsp3) is 0.333. The van der Waals surface area contributed by atoms with Crippen LogP contribution in [0.3, 0.4) is 0 Å². The molecule has 66 valence electrons. The van der Waals surface area contributed by atoms with Gasteiger partial charge in [0.15, 0.2) is 0 Å². The monoisotopic (exact) mass is 188 g/mol. The first-order chi connectivity index (χ1) is 5.13. The Balaban J connectivity index is 0.000000720. The van der Waals surface area contributed by atoms with E-state index in [1.54, 1.807) is 0 Å². The van der Waals surface area contributed by atoms with Gasteiger partial charge in [0.2, 0.25) is 0 Å². The quantitative estimate of drug-likeness (QED) is 0.523. The molecule has 0 radical (unpaired) electrons. The summed E-state index contributed by atoms with van der Waals surface area (Å²) in [4.78, 5) is 0. The Labute approximate surface area is 76.6 Å². The number of rotatable bonds is 0. The number of fused-ring (bicyclic) bond motifs is 1. The van der Waals surface area contributed by atoms with Gasteiger partial charge >= 0.3 is 5.96 Å². The van der Waals surface area contributed by atoms with Crippen LogP contribution < -0.4 is 11.2 Å². The molecule has 2 aliphatic rings. The Kier molecular flexibility index (Phi) is 1.85. The number of guanidine groups is 1. The highest BCUT2D eigenvalue weighted by Crippen LogP contribution is 2.17. The molecule has 1 unspecified atom stereocenters. The van der Waals surface area contributed by atoms with Crippen LogP contribution in [0.5, 0.6) is 0 Å². The van der Waals surface area contributed by atoms with E-state index in [1.807, 2.05) is 20.0 Å². The van der Waals surface area contributed by atoms with Crippen LogP contribution in [0.1, 0.15) is 6.92 Å². The molecule has 1 atom stereocenters. The van der Waals surface area contributed by atoms with E-state index in [4.69, 9.17) is 5.73 Å². The maximum absolute atomic E-state index is 5.63. The van der Waals surface area contributed by atoms with E-state index < -0.39 is 0 Å². The van der Waals surface area contributed by atoms with Gasteiger partial charge in [-0.2, -0.15) is 0 Å². The van der Waals surface area contributed by atoms with Crippen LogP contribution in [0.4, 0.5) is 0 Å². The summed E-state index contributed by atoms with van der Waals surface area (Å²) in [7, 11) is 1.91. The number of quaternary nitrogens is 1. The van der Waals surface area contributed by atoms with Crippen LogP contribution in [-0.4, -0.2) is 23.4 Å². The van der Waals surface area contributed by atoms with Crippen molar-refractivity contribution in [2.75, 3.05) is 7.05 Å². The number of allylic oxidation sites excluding steroid dienone is 1. The molecule has 0 bridgehead atoms. The largest absolute Gasteiger partial charge is 0.350 e. The number of likely N-dealkylation sites (N-methyl/N-ethyl adjacent to an activating group) is 1. The van der Waals surface area contributed by atoms with Crippen LogP contribution in [0, 0.1) is 0 Å². The molecular weight excluding hydrogens is 178 g/mol. The molecule has 0 saturated heterocycles. The predicted molar refractivity (Wildman–Crippen MR) is 49.4 cm³/mol. The van der Waals surface area contributed by atoms with E-state index >= 15 is 0 Å². The molecule has 0 saturated carbocycles. The van der Waals surface area contributed by atoms with Crippen molar-refractivity contribution in [2.24, 2.45) is 15.9 Å². The molecule has 2 aliphatic heterocycles. The Morgan fingerprint density at radius 3 is 2.75 bits per heavy atom. The molecule has 6 heteroatoms. The number of nitrogens with one attached hydrogen (secondary N) is 1. The second-order valence-electron chi connectivity index (χ2n) is 2.86. The number of amidine groups is 1. The van der Waals surface area contributed by atoms with Crippen LogP contribution >= 0.6 is 12.4 Å². The zero-order valence-corrected chi connectivity index (χ0v) is 7.72. The van der Waals surface area contributed by atoms with E-state index in [-0.39, 0.29) is 12.4 Å². The van der Waals surface area contributed by atoms with Crippen molar-refractivity contribution in [3.63, 3.8) is 0 Å². The first-order valence-corrected chi connectivity index (χ1v) is 3.38. The molecular formula is C6H11ClN5+. The van der Waals surface area contributed by atoms with Gasteiger partial charge in [0.05, 0.1) is 5.70 Å². The first kappa shape index (κ1) is 9.02. The smallest absolute Gasteiger partial charge is 0.334 e. The van der Waals surface area contributed by atoms with Crippen molar-refractivity contribution in [3.05, 3.63) is 11.8 Å². The molecule has 0 fully saturated rings. The van der Waals surface area contributed by atoms with Gasteiger partial charge in [0.25, 0.3) is 5.84 Å². The predicted octanol–water partition coefficient (Wildman–Crippen LogP) is -0.0814. The fourth-order valence-electron chi connectivity index (χ4n) is 1.25. The highest BCUT2D eigenvalue weighted by Gasteiger charge is 2.43. The summed E-state index contributed by atoms with van der Waals surface area (Å²) in [5, 5.41) is 7.69. The molecule has 3 N–H and O–H groups in total. The molecule has 0 aliphatic carbocycles. The van der Waals surface area contributed by atoms with Crippen molar-refractivity contribution < 1.29 is 4.59 Å². The van der Waals surface area contributed by atoms with E-state index in [9.17, 15) is 0 Å². The number of hydrogen-bond acceptors (Lipinski definition) is 4. The maximum Gasteiger partial charge on any atom is 0.350 e. The van der Waals surface area contributed by atoms with E-state index in [0.29, 0.717) is 10.6 Å². The van der Waals surface area contributed by atoms with Crippen LogP contribution in [0.15, 0.2) is 22.0 Å². The Morgan fingerprint density at radius 1 is 1.50 bits per heavy atom. The second-order valence-corrected chi connectivity index (χ2v) is 2.86. The standard InChI is InChI=1S/C6H10N5.ClH/c1-4-3-5-8-9-6(7)11(5,2)10-4;/h3,10H,1-2H3,(H2,7,9);1H/q+1;. The van der Waals surface area contributed by atoms with Crippen molar-refractivity contribution in [2.45, 2.75) is 6.92 Å². The first-order valence-electron chi connectivity index (χ1n) is 3.38. The Hall–Kier alpha value is -1.07. The Bertz CT molecular complexity index is 305. The van der Waals surface area contributed by atoms with Crippen molar-refractivity contribution in [1.82, 2.24) is 5.43 Å². The summed E-state index contributed by atoms with van der Waals surface area (Å²) < 4.78 is 0.325. The Morgan fingerprint density at radius 2 is 2.17 bits per heavy atom. The normalized spacial score (nSPS) is 31.0. The second kappa shape index (κ2) is 2.46. The van der Waals surface area contributed by atoms with Crippen molar-refractivity contribution >= 4 is 24.2 Å². The molecule has 12 heavy (non-hydrogen) atoms. The van der Waals surface area contributed by atoms with E-state index in [2.05, 4.69) is 15.6 Å². The third-order valence-corrected chi connectivity index (χ3v) is 1.92. The minimum absolute atomic E-state index is 0. The van der Waals surface area contributed by atoms with Gasteiger partial charge in [-0.3, -0.25) is 0 Å². The lowest BCUT2D eigenvalue weighted by molar-refractivity contribution is -0.764. The number of nitrogens with two attached hydrogens (primary N) is 1. The van der Waals surface area contributed by atoms with Gasteiger partial charge in [-0.15, -0.1) is 17.0 Å². The molecule has 2 heterocycles. The van der Waals surface area contributed by atoms with E-state index in [1.165, 1.54) is 0 Å². The van der Waals surface area contributed by atoms with Gasteiger partial charge in [-0.05, 0) is 6.92 Å². The van der Waals surface area contributed by atoms with Crippen LogP contribution in [0.2, 0.25) is 0 Å². The van der Waals surface area contributed by atoms with Gasteiger partial charge in [0, 0.05) is 6.08 Å². The van der Waals surface area contributed by atoms with Crippen LogP contribution in [-0.2, 0) is 0 Å². The highest BCUT2D eigenvalue weighted by molar-refractivity contribution is 5.99. The highest BCUT2D eigenvalue weighted by atomic mass is 35.5. The van der Waals surface area contributed by atoms with Gasteiger partial charge in [0.1, 0.15) is 7.05 Å². The van der Waals surface area contributed by atoms with Crippen LogP contribution in [0.25, 0.3) is 0 Å². The summed E-state index contributed by atoms with van der Waals surface area (Å²) in [6.45, 7) is 1.97. The summed E-state index contributed by atoms with van der Waals surface area (Å²) in [5.41, 5.74) is 9.84. The average Bonchev–Trinajstić information content (AvgIpc) is 2.32. The molecule has 0 amide bonds. The summed E-state index contributed by atoms with van der Waals surface area (Å²) in [5.74, 6) is 1.33. The van der Waals surface area contributed by atoms with Crippen molar-refractivity contribution in [3.8, 4) is 0 Å². The van der Waals surface area contributed by atoms with E-state index in [0.717, 1.165) is 11.5 Å². The lowest BCUT2D eigenvalue weighted by atomic mass is 10.4. The fourth-order valence-corrected chi connectivity index (χ4v) is 1.25. The van der Waals surface area contributed by atoms with Gasteiger partial charge < -0.3 is 5.73 Å². The number of hydrogen-bond donors (Lipinski definition) is 2. The minimum atomic E-state index is 0. The summed E-state index contributed by atoms with van der Waals surface area (Å²) in [6, 6.07) is 0. The zero-order chi connectivity index (χ0) is 8.06.